The molecule has 0 aromatic heterocycles. The molecule has 0 amide bonds. The minimum Gasteiger partial charge on any atom is -0.329 e. The van der Waals surface area contributed by atoms with Gasteiger partial charge in [0.1, 0.15) is 0 Å². The van der Waals surface area contributed by atoms with Crippen LogP contribution >= 0.6 is 0 Å². The normalized spacial score (nSPS) is 26.3. The van der Waals surface area contributed by atoms with Crippen LogP contribution in [0.5, 0.6) is 0 Å². The van der Waals surface area contributed by atoms with Gasteiger partial charge in [-0.1, -0.05) is 0 Å². The van der Waals surface area contributed by atoms with E-state index in [0.29, 0.717) is 0 Å². The van der Waals surface area contributed by atoms with Crippen LogP contribution < -0.4 is 5.73 Å². The number of hydrogen-bond acceptors (Lipinski definition) is 3. The van der Waals surface area contributed by atoms with Crippen LogP contribution in [0.2, 0.25) is 0 Å². The molecule has 0 bridgehead atoms. The third-order valence-corrected chi connectivity index (χ3v) is 2.97. The molecule has 3 nitrogen and oxygen atoms in total. The Labute approximate surface area is 81.9 Å². The van der Waals surface area contributed by atoms with Crippen LogP contribution in [-0.4, -0.2) is 56.1 Å². The van der Waals surface area contributed by atoms with Gasteiger partial charge in [-0.25, -0.2) is 0 Å². The number of rotatable bonds is 3. The fourth-order valence-corrected chi connectivity index (χ4v) is 2.06. The largest absolute Gasteiger partial charge is 0.329 e. The maximum absolute atomic E-state index is 5.55. The lowest BCUT2D eigenvalue weighted by Crippen LogP contribution is -2.32. The molecule has 0 spiro atoms. The first-order valence-electron chi connectivity index (χ1n) is 5.33. The monoisotopic (exact) mass is 185 g/mol. The molecular formula is C10H23N3. The molecule has 1 heterocycles. The molecule has 78 valence electrons. The van der Waals surface area contributed by atoms with Gasteiger partial charge < -0.3 is 15.5 Å². The second-order valence-corrected chi connectivity index (χ2v) is 4.18. The Kier molecular flexibility index (Phi) is 4.70. The summed E-state index contributed by atoms with van der Waals surface area (Å²) in [5.74, 6) is 0. The van der Waals surface area contributed by atoms with Gasteiger partial charge >= 0.3 is 0 Å². The van der Waals surface area contributed by atoms with Crippen molar-refractivity contribution in [2.75, 3.05) is 40.3 Å². The van der Waals surface area contributed by atoms with Crippen LogP contribution in [-0.2, 0) is 0 Å². The molecule has 3 heteroatoms. The molecule has 2 N–H and O–H groups in total. The van der Waals surface area contributed by atoms with Crippen molar-refractivity contribution in [1.82, 2.24) is 9.80 Å². The molecule has 1 fully saturated rings. The quantitative estimate of drug-likeness (QED) is 0.689. The van der Waals surface area contributed by atoms with Crippen molar-refractivity contribution in [3.63, 3.8) is 0 Å². The van der Waals surface area contributed by atoms with Gasteiger partial charge in [0, 0.05) is 19.1 Å². The maximum atomic E-state index is 5.55. The van der Waals surface area contributed by atoms with Gasteiger partial charge in [0.15, 0.2) is 0 Å². The zero-order valence-electron chi connectivity index (χ0n) is 9.00. The predicted octanol–water partition coefficient (Wildman–Crippen LogP) is 0.361. The molecule has 0 radical (unpaired) electrons. The second-order valence-electron chi connectivity index (χ2n) is 4.18. The van der Waals surface area contributed by atoms with Crippen molar-refractivity contribution in [3.8, 4) is 0 Å². The Morgan fingerprint density at radius 3 is 2.69 bits per heavy atom. The highest BCUT2D eigenvalue weighted by Crippen LogP contribution is 2.13. The number of hydrogen-bond donors (Lipinski definition) is 1. The molecule has 0 aromatic rings. The Balaban J connectivity index is 2.30. The van der Waals surface area contributed by atoms with Crippen molar-refractivity contribution in [3.05, 3.63) is 0 Å². The molecule has 1 rings (SSSR count). The topological polar surface area (TPSA) is 32.5 Å². The predicted molar refractivity (Wildman–Crippen MR) is 56.8 cm³/mol. The van der Waals surface area contributed by atoms with Crippen LogP contribution in [0.1, 0.15) is 19.3 Å². The Bertz CT molecular complexity index is 136. The first-order chi connectivity index (χ1) is 6.24. The zero-order valence-corrected chi connectivity index (χ0v) is 9.00. The summed E-state index contributed by atoms with van der Waals surface area (Å²) in [4.78, 5) is 4.84. The summed E-state index contributed by atoms with van der Waals surface area (Å²) in [6.07, 6.45) is 3.96. The first kappa shape index (κ1) is 11.0. The molecule has 1 saturated heterocycles. The van der Waals surface area contributed by atoms with E-state index in [-0.39, 0.29) is 0 Å². The van der Waals surface area contributed by atoms with Gasteiger partial charge in [-0.3, -0.25) is 0 Å². The summed E-state index contributed by atoms with van der Waals surface area (Å²) in [6, 6.07) is 0.780. The molecule has 1 aliphatic heterocycles. The summed E-state index contributed by atoms with van der Waals surface area (Å²) < 4.78 is 0. The molecule has 0 saturated carbocycles. The molecule has 0 aromatic carbocycles. The van der Waals surface area contributed by atoms with Crippen LogP contribution in [0.15, 0.2) is 0 Å². The third kappa shape index (κ3) is 3.63. The van der Waals surface area contributed by atoms with Gasteiger partial charge in [0.2, 0.25) is 0 Å². The lowest BCUT2D eigenvalue weighted by atomic mass is 10.1. The maximum Gasteiger partial charge on any atom is 0.0105 e. The number of nitrogens with zero attached hydrogens (tertiary/aromatic N) is 2. The summed E-state index contributed by atoms with van der Waals surface area (Å²) >= 11 is 0. The summed E-state index contributed by atoms with van der Waals surface area (Å²) in [5, 5.41) is 0. The van der Waals surface area contributed by atoms with E-state index in [1.807, 2.05) is 0 Å². The van der Waals surface area contributed by atoms with Crippen molar-refractivity contribution in [2.24, 2.45) is 5.73 Å². The standard InChI is InChI=1S/C10H23N3/c1-12(2)10-4-3-7-13(8-5-10)9-6-11/h10H,3-9,11H2,1-2H3. The molecule has 1 aliphatic rings. The molecule has 1 atom stereocenters. The average Bonchev–Trinajstić information content (AvgIpc) is 2.30. The first-order valence-corrected chi connectivity index (χ1v) is 5.33. The van der Waals surface area contributed by atoms with E-state index in [1.54, 1.807) is 0 Å². The average molecular weight is 185 g/mol. The molecule has 1 unspecified atom stereocenters. The zero-order chi connectivity index (χ0) is 9.68. The number of likely N-dealkylation sites (tertiary alicyclic amines) is 1. The summed E-state index contributed by atoms with van der Waals surface area (Å²) in [5.41, 5.74) is 5.55. The van der Waals surface area contributed by atoms with Crippen LogP contribution in [0, 0.1) is 0 Å². The van der Waals surface area contributed by atoms with Gasteiger partial charge in [-0.15, -0.1) is 0 Å². The Morgan fingerprint density at radius 2 is 2.08 bits per heavy atom. The van der Waals surface area contributed by atoms with E-state index in [0.717, 1.165) is 19.1 Å². The summed E-state index contributed by atoms with van der Waals surface area (Å²) in [6.45, 7) is 4.33. The third-order valence-electron chi connectivity index (χ3n) is 2.97. The minimum atomic E-state index is 0.780. The molecule has 0 aliphatic carbocycles. The smallest absolute Gasteiger partial charge is 0.0105 e. The van der Waals surface area contributed by atoms with E-state index in [1.165, 1.54) is 32.4 Å². The number of nitrogens with two attached hydrogens (primary N) is 1. The van der Waals surface area contributed by atoms with Crippen molar-refractivity contribution < 1.29 is 0 Å². The van der Waals surface area contributed by atoms with Crippen LogP contribution in [0.25, 0.3) is 0 Å². The fraction of sp³-hybridized carbons (Fsp3) is 1.00. The van der Waals surface area contributed by atoms with E-state index in [2.05, 4.69) is 23.9 Å². The molecule has 13 heavy (non-hydrogen) atoms. The van der Waals surface area contributed by atoms with Crippen LogP contribution in [0.3, 0.4) is 0 Å². The van der Waals surface area contributed by atoms with Crippen molar-refractivity contribution in [1.29, 1.82) is 0 Å². The molecular weight excluding hydrogens is 162 g/mol. The van der Waals surface area contributed by atoms with Crippen molar-refractivity contribution in [2.45, 2.75) is 25.3 Å². The highest BCUT2D eigenvalue weighted by atomic mass is 15.2. The van der Waals surface area contributed by atoms with Gasteiger partial charge in [0.25, 0.3) is 0 Å². The van der Waals surface area contributed by atoms with E-state index in [4.69, 9.17) is 5.73 Å². The highest BCUT2D eigenvalue weighted by molar-refractivity contribution is 4.74. The van der Waals surface area contributed by atoms with E-state index in [9.17, 15) is 0 Å². The Morgan fingerprint density at radius 1 is 1.31 bits per heavy atom. The van der Waals surface area contributed by atoms with E-state index < -0.39 is 0 Å². The minimum absolute atomic E-state index is 0.780. The van der Waals surface area contributed by atoms with Gasteiger partial charge in [-0.2, -0.15) is 0 Å². The lowest BCUT2D eigenvalue weighted by molar-refractivity contribution is 0.252. The Hall–Kier alpha value is -0.120. The van der Waals surface area contributed by atoms with Crippen molar-refractivity contribution >= 4 is 0 Å². The lowest BCUT2D eigenvalue weighted by Gasteiger charge is -2.23. The second kappa shape index (κ2) is 5.58. The highest BCUT2D eigenvalue weighted by Gasteiger charge is 2.17. The van der Waals surface area contributed by atoms with Crippen LogP contribution in [0.4, 0.5) is 0 Å². The SMILES string of the molecule is CN(C)C1CCCN(CCN)CC1. The van der Waals surface area contributed by atoms with Gasteiger partial charge in [0.05, 0.1) is 0 Å². The summed E-state index contributed by atoms with van der Waals surface area (Å²) in [7, 11) is 4.37. The van der Waals surface area contributed by atoms with Gasteiger partial charge in [-0.05, 0) is 46.4 Å². The van der Waals surface area contributed by atoms with E-state index >= 15 is 0 Å². The fourth-order valence-electron chi connectivity index (χ4n) is 2.06.